The van der Waals surface area contributed by atoms with Gasteiger partial charge in [-0.3, -0.25) is 14.5 Å². The SMILES string of the molecule is CC(NC1CC(=O)N(C(C)C)C1=O)C1CCCC1. The molecule has 0 spiro atoms. The first-order valence-corrected chi connectivity index (χ1v) is 7.12. The zero-order valence-corrected chi connectivity index (χ0v) is 11.6. The van der Waals surface area contributed by atoms with E-state index in [2.05, 4.69) is 12.2 Å². The molecule has 2 fully saturated rings. The summed E-state index contributed by atoms with van der Waals surface area (Å²) in [5.74, 6) is 0.590. The van der Waals surface area contributed by atoms with Gasteiger partial charge in [0.1, 0.15) is 0 Å². The monoisotopic (exact) mass is 252 g/mol. The number of imide groups is 1. The van der Waals surface area contributed by atoms with Crippen molar-refractivity contribution in [2.75, 3.05) is 0 Å². The van der Waals surface area contributed by atoms with Gasteiger partial charge in [-0.2, -0.15) is 0 Å². The van der Waals surface area contributed by atoms with Crippen LogP contribution in [0.3, 0.4) is 0 Å². The fraction of sp³-hybridized carbons (Fsp3) is 0.857. The van der Waals surface area contributed by atoms with Gasteiger partial charge in [0.25, 0.3) is 0 Å². The Balaban J connectivity index is 1.94. The summed E-state index contributed by atoms with van der Waals surface area (Å²) in [7, 11) is 0. The third-order valence-electron chi connectivity index (χ3n) is 4.27. The lowest BCUT2D eigenvalue weighted by Gasteiger charge is -2.24. The van der Waals surface area contributed by atoms with E-state index in [0.29, 0.717) is 18.4 Å². The molecule has 0 aromatic rings. The average molecular weight is 252 g/mol. The number of likely N-dealkylation sites (tertiary alicyclic amines) is 1. The molecule has 2 amide bonds. The number of hydrogen-bond acceptors (Lipinski definition) is 3. The van der Waals surface area contributed by atoms with Crippen LogP contribution in [0.5, 0.6) is 0 Å². The number of amides is 2. The molecule has 0 radical (unpaired) electrons. The molecule has 2 unspecified atom stereocenters. The van der Waals surface area contributed by atoms with Crippen molar-refractivity contribution in [3.8, 4) is 0 Å². The van der Waals surface area contributed by atoms with Crippen LogP contribution in [-0.2, 0) is 9.59 Å². The lowest BCUT2D eigenvalue weighted by atomic mass is 9.99. The largest absolute Gasteiger partial charge is 0.303 e. The molecule has 4 heteroatoms. The standard InChI is InChI=1S/C14H24N2O2/c1-9(2)16-13(17)8-12(14(16)18)15-10(3)11-6-4-5-7-11/h9-12,15H,4-8H2,1-3H3. The van der Waals surface area contributed by atoms with Gasteiger partial charge in [0.05, 0.1) is 12.5 Å². The quantitative estimate of drug-likeness (QED) is 0.775. The van der Waals surface area contributed by atoms with Crippen LogP contribution < -0.4 is 5.32 Å². The summed E-state index contributed by atoms with van der Waals surface area (Å²) < 4.78 is 0. The lowest BCUT2D eigenvalue weighted by molar-refractivity contribution is -0.140. The Morgan fingerprint density at radius 3 is 2.28 bits per heavy atom. The Morgan fingerprint density at radius 2 is 1.78 bits per heavy atom. The van der Waals surface area contributed by atoms with Gasteiger partial charge in [-0.15, -0.1) is 0 Å². The summed E-state index contributed by atoms with van der Waals surface area (Å²) in [5, 5.41) is 3.37. The van der Waals surface area contributed by atoms with Crippen molar-refractivity contribution in [3.05, 3.63) is 0 Å². The first kappa shape index (κ1) is 13.5. The fourth-order valence-corrected chi connectivity index (χ4v) is 3.23. The molecule has 4 nitrogen and oxygen atoms in total. The van der Waals surface area contributed by atoms with Crippen molar-refractivity contribution in [1.29, 1.82) is 0 Å². The molecular weight excluding hydrogens is 228 g/mol. The second-order valence-electron chi connectivity index (χ2n) is 5.95. The Labute approximate surface area is 109 Å². The molecule has 2 atom stereocenters. The number of carbonyl (C=O) groups is 2. The van der Waals surface area contributed by atoms with Crippen molar-refractivity contribution in [2.24, 2.45) is 5.92 Å². The van der Waals surface area contributed by atoms with Crippen LogP contribution >= 0.6 is 0 Å². The molecule has 1 aliphatic carbocycles. The summed E-state index contributed by atoms with van der Waals surface area (Å²) in [4.78, 5) is 25.4. The van der Waals surface area contributed by atoms with Crippen LogP contribution in [0, 0.1) is 5.92 Å². The van der Waals surface area contributed by atoms with Crippen LogP contribution in [0.4, 0.5) is 0 Å². The molecule has 1 saturated heterocycles. The van der Waals surface area contributed by atoms with Crippen LogP contribution in [-0.4, -0.2) is 34.8 Å². The maximum absolute atomic E-state index is 12.2. The van der Waals surface area contributed by atoms with Gasteiger partial charge in [0.15, 0.2) is 0 Å². The molecule has 0 aromatic carbocycles. The average Bonchev–Trinajstić information content (AvgIpc) is 2.88. The van der Waals surface area contributed by atoms with Gasteiger partial charge in [-0.05, 0) is 39.5 Å². The second kappa shape index (κ2) is 5.39. The number of carbonyl (C=O) groups excluding carboxylic acids is 2. The van der Waals surface area contributed by atoms with Gasteiger partial charge < -0.3 is 5.32 Å². The first-order chi connectivity index (χ1) is 8.50. The van der Waals surface area contributed by atoms with E-state index in [9.17, 15) is 9.59 Å². The van der Waals surface area contributed by atoms with Crippen molar-refractivity contribution >= 4 is 11.8 Å². The molecule has 1 saturated carbocycles. The number of nitrogens with zero attached hydrogens (tertiary/aromatic N) is 1. The lowest BCUT2D eigenvalue weighted by Crippen LogP contribution is -2.46. The van der Waals surface area contributed by atoms with Crippen LogP contribution in [0.25, 0.3) is 0 Å². The minimum absolute atomic E-state index is 0.0291. The van der Waals surface area contributed by atoms with E-state index in [-0.39, 0.29) is 23.9 Å². The number of nitrogens with one attached hydrogen (secondary N) is 1. The molecule has 102 valence electrons. The van der Waals surface area contributed by atoms with E-state index in [1.54, 1.807) is 0 Å². The summed E-state index contributed by atoms with van der Waals surface area (Å²) in [5.41, 5.74) is 0. The normalized spacial score (nSPS) is 27.6. The summed E-state index contributed by atoms with van der Waals surface area (Å²) in [6.07, 6.45) is 5.42. The third kappa shape index (κ3) is 2.58. The Kier molecular flexibility index (Phi) is 4.05. The molecular formula is C14H24N2O2. The Hall–Kier alpha value is -0.900. The van der Waals surface area contributed by atoms with Crippen molar-refractivity contribution in [1.82, 2.24) is 10.2 Å². The predicted molar refractivity (Wildman–Crippen MR) is 69.9 cm³/mol. The van der Waals surface area contributed by atoms with Crippen LogP contribution in [0.15, 0.2) is 0 Å². The summed E-state index contributed by atoms with van der Waals surface area (Å²) in [6, 6.07) is 0.00967. The Bertz CT molecular complexity index is 335. The van der Waals surface area contributed by atoms with Crippen LogP contribution in [0.1, 0.15) is 52.9 Å². The molecule has 1 heterocycles. The predicted octanol–water partition coefficient (Wildman–Crippen LogP) is 1.69. The number of rotatable bonds is 4. The van der Waals surface area contributed by atoms with Gasteiger partial charge in [0.2, 0.25) is 11.8 Å². The van der Waals surface area contributed by atoms with E-state index >= 15 is 0 Å². The molecule has 1 N–H and O–H groups in total. The van der Waals surface area contributed by atoms with Crippen LogP contribution in [0.2, 0.25) is 0 Å². The fourth-order valence-electron chi connectivity index (χ4n) is 3.23. The minimum Gasteiger partial charge on any atom is -0.303 e. The molecule has 0 aromatic heterocycles. The zero-order valence-electron chi connectivity index (χ0n) is 11.6. The summed E-state index contributed by atoms with van der Waals surface area (Å²) in [6.45, 7) is 5.92. The maximum Gasteiger partial charge on any atom is 0.247 e. The topological polar surface area (TPSA) is 49.4 Å². The van der Waals surface area contributed by atoms with E-state index in [0.717, 1.165) is 0 Å². The highest BCUT2D eigenvalue weighted by molar-refractivity contribution is 6.05. The van der Waals surface area contributed by atoms with E-state index in [1.165, 1.54) is 30.6 Å². The van der Waals surface area contributed by atoms with Crippen molar-refractivity contribution in [2.45, 2.75) is 71.0 Å². The van der Waals surface area contributed by atoms with Gasteiger partial charge in [-0.25, -0.2) is 0 Å². The third-order valence-corrected chi connectivity index (χ3v) is 4.27. The Morgan fingerprint density at radius 1 is 1.17 bits per heavy atom. The summed E-state index contributed by atoms with van der Waals surface area (Å²) >= 11 is 0. The molecule has 2 rings (SSSR count). The van der Waals surface area contributed by atoms with Crippen molar-refractivity contribution < 1.29 is 9.59 Å². The molecule has 18 heavy (non-hydrogen) atoms. The van der Waals surface area contributed by atoms with Crippen molar-refractivity contribution in [3.63, 3.8) is 0 Å². The molecule has 2 aliphatic rings. The highest BCUT2D eigenvalue weighted by atomic mass is 16.2. The number of hydrogen-bond donors (Lipinski definition) is 1. The minimum atomic E-state index is -0.296. The van der Waals surface area contributed by atoms with E-state index in [4.69, 9.17) is 0 Å². The molecule has 0 bridgehead atoms. The first-order valence-electron chi connectivity index (χ1n) is 7.12. The second-order valence-corrected chi connectivity index (χ2v) is 5.95. The van der Waals surface area contributed by atoms with Gasteiger partial charge in [-0.1, -0.05) is 12.8 Å². The highest BCUT2D eigenvalue weighted by Crippen LogP contribution is 2.28. The van der Waals surface area contributed by atoms with E-state index < -0.39 is 0 Å². The van der Waals surface area contributed by atoms with E-state index in [1.807, 2.05) is 13.8 Å². The smallest absolute Gasteiger partial charge is 0.247 e. The van der Waals surface area contributed by atoms with Gasteiger partial charge in [0, 0.05) is 12.1 Å². The maximum atomic E-state index is 12.2. The molecule has 1 aliphatic heterocycles. The van der Waals surface area contributed by atoms with Gasteiger partial charge >= 0.3 is 0 Å². The zero-order chi connectivity index (χ0) is 13.3. The highest BCUT2D eigenvalue weighted by Gasteiger charge is 2.40.